The van der Waals surface area contributed by atoms with Gasteiger partial charge in [-0.25, -0.2) is 4.98 Å². The first-order valence-electron chi connectivity index (χ1n) is 7.03. The number of rotatable bonds is 8. The van der Waals surface area contributed by atoms with Gasteiger partial charge in [-0.05, 0) is 18.4 Å². The lowest BCUT2D eigenvalue weighted by Crippen LogP contribution is -1.99. The third kappa shape index (κ3) is 4.94. The summed E-state index contributed by atoms with van der Waals surface area (Å²) in [5.74, 6) is 1.35. The lowest BCUT2D eigenvalue weighted by Gasteiger charge is -2.07. The molecule has 3 heteroatoms. The predicted molar refractivity (Wildman–Crippen MR) is 76.4 cm³/mol. The van der Waals surface area contributed by atoms with Gasteiger partial charge in [0, 0.05) is 19.4 Å². The largest absolute Gasteiger partial charge is 0.504 e. The van der Waals surface area contributed by atoms with E-state index in [1.807, 2.05) is 23.9 Å². The molecule has 0 amide bonds. The second-order valence-electron chi connectivity index (χ2n) is 5.09. The van der Waals surface area contributed by atoms with Gasteiger partial charge in [-0.2, -0.15) is 0 Å². The van der Waals surface area contributed by atoms with Gasteiger partial charge in [0.05, 0.1) is 0 Å². The van der Waals surface area contributed by atoms with Crippen molar-refractivity contribution < 1.29 is 5.11 Å². The van der Waals surface area contributed by atoms with Crippen molar-refractivity contribution in [3.05, 3.63) is 24.3 Å². The van der Waals surface area contributed by atoms with E-state index in [2.05, 4.69) is 18.8 Å². The highest BCUT2D eigenvalue weighted by Crippen LogP contribution is 2.17. The molecule has 1 heterocycles. The lowest BCUT2D eigenvalue weighted by atomic mass is 10.0. The Labute approximate surface area is 111 Å². The number of aliphatic hydroxyl groups excluding tert-OH is 1. The minimum absolute atomic E-state index is 0.295. The average Bonchev–Trinajstić information content (AvgIpc) is 2.75. The van der Waals surface area contributed by atoms with Crippen LogP contribution in [0.15, 0.2) is 18.5 Å². The van der Waals surface area contributed by atoms with Gasteiger partial charge in [0.2, 0.25) is 0 Å². The Hall–Kier alpha value is -1.25. The Morgan fingerprint density at radius 1 is 1.39 bits per heavy atom. The molecule has 18 heavy (non-hydrogen) atoms. The number of allylic oxidation sites excluding steroid dienone is 1. The normalized spacial score (nSPS) is 13.8. The van der Waals surface area contributed by atoms with E-state index in [4.69, 9.17) is 0 Å². The fraction of sp³-hybridized carbons (Fsp3) is 0.667. The minimum Gasteiger partial charge on any atom is -0.504 e. The molecule has 3 nitrogen and oxygen atoms in total. The van der Waals surface area contributed by atoms with Crippen LogP contribution in [0.3, 0.4) is 0 Å². The molecule has 0 unspecified atom stereocenters. The van der Waals surface area contributed by atoms with Gasteiger partial charge in [0.25, 0.3) is 0 Å². The Kier molecular flexibility index (Phi) is 6.55. The van der Waals surface area contributed by atoms with Gasteiger partial charge < -0.3 is 9.67 Å². The first-order valence-corrected chi connectivity index (χ1v) is 7.03. The summed E-state index contributed by atoms with van der Waals surface area (Å²) in [6.07, 6.45) is 13.1. The van der Waals surface area contributed by atoms with Gasteiger partial charge in [0.1, 0.15) is 0 Å². The van der Waals surface area contributed by atoms with Crippen molar-refractivity contribution in [1.29, 1.82) is 0 Å². The zero-order chi connectivity index (χ0) is 13.4. The summed E-state index contributed by atoms with van der Waals surface area (Å²) in [4.78, 5) is 4.13. The molecule has 0 spiro atoms. The molecule has 1 rings (SSSR count). The fourth-order valence-corrected chi connectivity index (χ4v) is 2.11. The van der Waals surface area contributed by atoms with E-state index in [0.29, 0.717) is 17.5 Å². The predicted octanol–water partition coefficient (Wildman–Crippen LogP) is 4.32. The fourth-order valence-electron chi connectivity index (χ4n) is 2.11. The molecule has 102 valence electrons. The molecule has 0 aliphatic rings. The summed E-state index contributed by atoms with van der Waals surface area (Å²) in [5.41, 5.74) is 0. The van der Waals surface area contributed by atoms with Crippen LogP contribution in [-0.2, 0) is 7.05 Å². The highest BCUT2D eigenvalue weighted by Gasteiger charge is 2.07. The topological polar surface area (TPSA) is 38.1 Å². The van der Waals surface area contributed by atoms with Crippen LogP contribution in [0.25, 0.3) is 5.76 Å². The van der Waals surface area contributed by atoms with Crippen LogP contribution in [0.4, 0.5) is 0 Å². The standard InChI is InChI=1S/C15H26N2O/c1-4-5-6-7-8-9-13(2)12-14(18)15-16-10-11-17(15)3/h10-13,18H,4-9H2,1-3H3/b14-12-/t13-/m1/s1. The van der Waals surface area contributed by atoms with E-state index in [-0.39, 0.29) is 0 Å². The van der Waals surface area contributed by atoms with Crippen molar-refractivity contribution >= 4 is 5.76 Å². The number of hydrogen-bond donors (Lipinski definition) is 1. The molecule has 0 aliphatic carbocycles. The third-order valence-electron chi connectivity index (χ3n) is 3.26. The zero-order valence-electron chi connectivity index (χ0n) is 11.9. The van der Waals surface area contributed by atoms with E-state index < -0.39 is 0 Å². The maximum absolute atomic E-state index is 9.98. The molecule has 0 bridgehead atoms. The Balaban J connectivity index is 2.34. The smallest absolute Gasteiger partial charge is 0.174 e. The molecule has 0 saturated carbocycles. The second kappa shape index (κ2) is 7.96. The molecule has 0 aromatic carbocycles. The van der Waals surface area contributed by atoms with Gasteiger partial charge in [-0.15, -0.1) is 0 Å². The van der Waals surface area contributed by atoms with Gasteiger partial charge in [0.15, 0.2) is 11.6 Å². The summed E-state index contributed by atoms with van der Waals surface area (Å²) in [6, 6.07) is 0. The van der Waals surface area contributed by atoms with Crippen molar-refractivity contribution in [3.8, 4) is 0 Å². The van der Waals surface area contributed by atoms with E-state index in [9.17, 15) is 5.11 Å². The van der Waals surface area contributed by atoms with E-state index in [0.717, 1.165) is 6.42 Å². The van der Waals surface area contributed by atoms with Crippen LogP contribution in [0.5, 0.6) is 0 Å². The zero-order valence-corrected chi connectivity index (χ0v) is 11.9. The molecule has 1 atom stereocenters. The molecule has 0 radical (unpaired) electrons. The van der Waals surface area contributed by atoms with Gasteiger partial charge >= 0.3 is 0 Å². The first kappa shape index (κ1) is 14.8. The van der Waals surface area contributed by atoms with Crippen LogP contribution < -0.4 is 0 Å². The Bertz CT molecular complexity index is 368. The van der Waals surface area contributed by atoms with Gasteiger partial charge in [-0.3, -0.25) is 0 Å². The molecule has 1 aromatic rings. The third-order valence-corrected chi connectivity index (χ3v) is 3.26. The van der Waals surface area contributed by atoms with Gasteiger partial charge in [-0.1, -0.05) is 46.0 Å². The molecule has 0 fully saturated rings. The number of aryl methyl sites for hydroxylation is 1. The molecule has 1 aromatic heterocycles. The molecular weight excluding hydrogens is 224 g/mol. The molecule has 1 N–H and O–H groups in total. The summed E-state index contributed by atoms with van der Waals surface area (Å²) in [7, 11) is 1.89. The van der Waals surface area contributed by atoms with Crippen LogP contribution in [0.2, 0.25) is 0 Å². The first-order chi connectivity index (χ1) is 8.65. The van der Waals surface area contributed by atoms with Crippen LogP contribution in [-0.4, -0.2) is 14.7 Å². The number of nitrogens with zero attached hydrogens (tertiary/aromatic N) is 2. The number of aliphatic hydroxyl groups is 1. The van der Waals surface area contributed by atoms with E-state index >= 15 is 0 Å². The number of unbranched alkanes of at least 4 members (excludes halogenated alkanes) is 4. The van der Waals surface area contributed by atoms with E-state index in [1.54, 1.807) is 6.20 Å². The summed E-state index contributed by atoms with van der Waals surface area (Å²) in [6.45, 7) is 4.38. The molecule has 0 saturated heterocycles. The minimum atomic E-state index is 0.295. The molecular formula is C15H26N2O. The summed E-state index contributed by atoms with van der Waals surface area (Å²) < 4.78 is 1.83. The van der Waals surface area contributed by atoms with Crippen LogP contribution in [0.1, 0.15) is 58.2 Å². The number of hydrogen-bond acceptors (Lipinski definition) is 2. The monoisotopic (exact) mass is 250 g/mol. The highest BCUT2D eigenvalue weighted by atomic mass is 16.3. The van der Waals surface area contributed by atoms with E-state index in [1.165, 1.54) is 32.1 Å². The number of aromatic nitrogens is 2. The number of imidazole rings is 1. The quantitative estimate of drug-likeness (QED) is 0.551. The maximum atomic E-state index is 9.98. The SMILES string of the molecule is CCCCCCC[C@@H](C)/C=C(\O)c1nccn1C. The Morgan fingerprint density at radius 2 is 2.11 bits per heavy atom. The highest BCUT2D eigenvalue weighted by molar-refractivity contribution is 5.51. The van der Waals surface area contributed by atoms with Crippen LogP contribution >= 0.6 is 0 Å². The summed E-state index contributed by atoms with van der Waals surface area (Å²) >= 11 is 0. The maximum Gasteiger partial charge on any atom is 0.174 e. The van der Waals surface area contributed by atoms with Crippen molar-refractivity contribution in [2.24, 2.45) is 13.0 Å². The van der Waals surface area contributed by atoms with Crippen molar-refractivity contribution in [1.82, 2.24) is 9.55 Å². The molecule has 0 aliphatic heterocycles. The van der Waals surface area contributed by atoms with Crippen molar-refractivity contribution in [2.75, 3.05) is 0 Å². The second-order valence-corrected chi connectivity index (χ2v) is 5.09. The summed E-state index contributed by atoms with van der Waals surface area (Å²) in [5, 5.41) is 9.98. The van der Waals surface area contributed by atoms with Crippen molar-refractivity contribution in [2.45, 2.75) is 52.4 Å². The van der Waals surface area contributed by atoms with Crippen LogP contribution in [0, 0.1) is 5.92 Å². The Morgan fingerprint density at radius 3 is 2.72 bits per heavy atom. The van der Waals surface area contributed by atoms with Crippen molar-refractivity contribution in [3.63, 3.8) is 0 Å². The lowest BCUT2D eigenvalue weighted by molar-refractivity contribution is 0.485. The average molecular weight is 250 g/mol.